The number of rotatable bonds is 2. The van der Waals surface area contributed by atoms with Gasteiger partial charge in [-0.15, -0.1) is 0 Å². The van der Waals surface area contributed by atoms with Crippen LogP contribution in [0.25, 0.3) is 21.5 Å². The fraction of sp³-hybridized carbons (Fsp3) is 0.118. The first-order valence-corrected chi connectivity index (χ1v) is 6.76. The number of ether oxygens (including phenoxy) is 2. The van der Waals surface area contributed by atoms with Crippen LogP contribution in [0.4, 0.5) is 13.6 Å². The molecule has 0 aliphatic carbocycles. The van der Waals surface area contributed by atoms with Crippen LogP contribution in [0, 0.1) is 11.6 Å². The van der Waals surface area contributed by atoms with E-state index in [0.29, 0.717) is 10.8 Å². The van der Waals surface area contributed by atoms with Crippen LogP contribution in [0.3, 0.4) is 0 Å². The van der Waals surface area contributed by atoms with Gasteiger partial charge in [-0.1, -0.05) is 24.3 Å². The number of halogens is 2. The summed E-state index contributed by atoms with van der Waals surface area (Å²) in [5, 5.41) is 1.12. The Bertz CT molecular complexity index is 875. The lowest BCUT2D eigenvalue weighted by Crippen LogP contribution is -2.11. The Morgan fingerprint density at radius 2 is 1.77 bits per heavy atom. The number of benzene rings is 3. The van der Waals surface area contributed by atoms with E-state index in [1.165, 1.54) is 30.3 Å². The third-order valence-electron chi connectivity index (χ3n) is 3.32. The predicted molar refractivity (Wildman–Crippen MR) is 79.0 cm³/mol. The van der Waals surface area contributed by atoms with Crippen molar-refractivity contribution in [3.63, 3.8) is 0 Å². The van der Waals surface area contributed by atoms with E-state index < -0.39 is 17.8 Å². The summed E-state index contributed by atoms with van der Waals surface area (Å²) in [7, 11) is 0. The van der Waals surface area contributed by atoms with Crippen LogP contribution < -0.4 is 4.74 Å². The van der Waals surface area contributed by atoms with E-state index in [9.17, 15) is 13.6 Å². The highest BCUT2D eigenvalue weighted by Gasteiger charge is 2.17. The zero-order valence-electron chi connectivity index (χ0n) is 11.7. The lowest BCUT2D eigenvalue weighted by molar-refractivity contribution is 0.105. The van der Waals surface area contributed by atoms with Crippen molar-refractivity contribution in [2.75, 3.05) is 6.61 Å². The second-order valence-corrected chi connectivity index (χ2v) is 4.66. The van der Waals surface area contributed by atoms with E-state index >= 15 is 0 Å². The molecule has 0 N–H and O–H groups in total. The van der Waals surface area contributed by atoms with Crippen LogP contribution in [0.1, 0.15) is 6.92 Å². The van der Waals surface area contributed by atoms with Gasteiger partial charge >= 0.3 is 6.16 Å². The molecule has 0 radical (unpaired) electrons. The number of hydrogen-bond acceptors (Lipinski definition) is 3. The van der Waals surface area contributed by atoms with Gasteiger partial charge in [0.15, 0.2) is 5.75 Å². The van der Waals surface area contributed by atoms with E-state index in [4.69, 9.17) is 9.47 Å². The van der Waals surface area contributed by atoms with Gasteiger partial charge < -0.3 is 9.47 Å². The zero-order chi connectivity index (χ0) is 15.7. The number of carbonyl (C=O) groups excluding carboxylic acids is 1. The van der Waals surface area contributed by atoms with Crippen molar-refractivity contribution in [2.45, 2.75) is 6.92 Å². The average molecular weight is 302 g/mol. The van der Waals surface area contributed by atoms with Gasteiger partial charge in [0, 0.05) is 10.8 Å². The van der Waals surface area contributed by atoms with Gasteiger partial charge in [0.25, 0.3) is 0 Å². The number of carbonyl (C=O) groups is 1. The largest absolute Gasteiger partial charge is 0.513 e. The van der Waals surface area contributed by atoms with E-state index in [1.54, 1.807) is 19.1 Å². The van der Waals surface area contributed by atoms with Gasteiger partial charge in [-0.05, 0) is 30.5 Å². The fourth-order valence-corrected chi connectivity index (χ4v) is 2.41. The molecular formula is C17H12F2O3. The molecule has 0 bridgehead atoms. The van der Waals surface area contributed by atoms with Crippen molar-refractivity contribution >= 4 is 27.7 Å². The molecule has 0 aliphatic rings. The van der Waals surface area contributed by atoms with E-state index in [1.807, 2.05) is 0 Å². The maximum Gasteiger partial charge on any atom is 0.513 e. The van der Waals surface area contributed by atoms with Gasteiger partial charge in [-0.25, -0.2) is 13.6 Å². The SMILES string of the molecule is CCOC(=O)Oc1c2cccc(F)c2cc2cccc(F)c12. The molecule has 0 amide bonds. The topological polar surface area (TPSA) is 35.5 Å². The summed E-state index contributed by atoms with van der Waals surface area (Å²) in [6, 6.07) is 10.3. The summed E-state index contributed by atoms with van der Waals surface area (Å²) in [6.45, 7) is 1.75. The molecule has 0 heterocycles. The van der Waals surface area contributed by atoms with Crippen molar-refractivity contribution in [2.24, 2.45) is 0 Å². The summed E-state index contributed by atoms with van der Waals surface area (Å²) in [5.41, 5.74) is 0. The first kappa shape index (κ1) is 14.3. The van der Waals surface area contributed by atoms with Crippen molar-refractivity contribution in [3.8, 4) is 5.75 Å². The quantitative estimate of drug-likeness (QED) is 0.387. The molecule has 3 aromatic rings. The molecule has 3 rings (SSSR count). The zero-order valence-corrected chi connectivity index (χ0v) is 11.7. The average Bonchev–Trinajstić information content (AvgIpc) is 2.48. The lowest BCUT2D eigenvalue weighted by atomic mass is 10.0. The molecule has 5 heteroatoms. The summed E-state index contributed by atoms with van der Waals surface area (Å²) >= 11 is 0. The first-order valence-electron chi connectivity index (χ1n) is 6.76. The van der Waals surface area contributed by atoms with Crippen molar-refractivity contribution < 1.29 is 23.0 Å². The minimum absolute atomic E-state index is 0.0384. The highest BCUT2D eigenvalue weighted by molar-refractivity contribution is 6.06. The summed E-state index contributed by atoms with van der Waals surface area (Å²) in [5.74, 6) is -1.07. The highest BCUT2D eigenvalue weighted by atomic mass is 19.1. The molecule has 3 aromatic carbocycles. The first-order chi connectivity index (χ1) is 10.6. The molecule has 0 aliphatic heterocycles. The second-order valence-electron chi connectivity index (χ2n) is 4.66. The Labute approximate surface area is 125 Å². The van der Waals surface area contributed by atoms with Gasteiger partial charge in [0.2, 0.25) is 0 Å². The van der Waals surface area contributed by atoms with Gasteiger partial charge in [-0.3, -0.25) is 0 Å². The molecule has 112 valence electrons. The Morgan fingerprint density at radius 3 is 2.55 bits per heavy atom. The number of hydrogen-bond donors (Lipinski definition) is 0. The highest BCUT2D eigenvalue weighted by Crippen LogP contribution is 2.37. The molecule has 0 unspecified atom stereocenters. The maximum absolute atomic E-state index is 14.2. The Balaban J connectivity index is 2.36. The van der Waals surface area contributed by atoms with Gasteiger partial charge in [0.1, 0.15) is 11.6 Å². The van der Waals surface area contributed by atoms with Crippen molar-refractivity contribution in [1.82, 2.24) is 0 Å². The molecular weight excluding hydrogens is 290 g/mol. The molecule has 0 fully saturated rings. The van der Waals surface area contributed by atoms with E-state index in [-0.39, 0.29) is 23.1 Å². The predicted octanol–water partition coefficient (Wildman–Crippen LogP) is 4.81. The minimum atomic E-state index is -0.955. The lowest BCUT2D eigenvalue weighted by Gasteiger charge is -2.12. The summed E-state index contributed by atoms with van der Waals surface area (Å²) in [6.07, 6.45) is -0.955. The third kappa shape index (κ3) is 2.35. The molecule has 0 aromatic heterocycles. The third-order valence-corrected chi connectivity index (χ3v) is 3.32. The maximum atomic E-state index is 14.2. The van der Waals surface area contributed by atoms with Crippen LogP contribution in [0.5, 0.6) is 5.75 Å². The summed E-state index contributed by atoms with van der Waals surface area (Å²) < 4.78 is 38.1. The smallest absolute Gasteiger partial charge is 0.434 e. The van der Waals surface area contributed by atoms with Crippen LogP contribution in [0.15, 0.2) is 42.5 Å². The van der Waals surface area contributed by atoms with Crippen molar-refractivity contribution in [3.05, 3.63) is 54.1 Å². The normalized spacial score (nSPS) is 10.9. The Morgan fingerprint density at radius 1 is 1.05 bits per heavy atom. The molecule has 0 atom stereocenters. The Hall–Kier alpha value is -2.69. The van der Waals surface area contributed by atoms with E-state index in [0.717, 1.165) is 0 Å². The molecule has 0 saturated carbocycles. The Kier molecular flexibility index (Phi) is 3.63. The van der Waals surface area contributed by atoms with Gasteiger partial charge in [-0.2, -0.15) is 0 Å². The molecule has 3 nitrogen and oxygen atoms in total. The fourth-order valence-electron chi connectivity index (χ4n) is 2.41. The summed E-state index contributed by atoms with van der Waals surface area (Å²) in [4.78, 5) is 11.6. The van der Waals surface area contributed by atoms with Gasteiger partial charge in [0.05, 0.1) is 12.0 Å². The molecule has 0 spiro atoms. The van der Waals surface area contributed by atoms with E-state index in [2.05, 4.69) is 0 Å². The minimum Gasteiger partial charge on any atom is -0.434 e. The van der Waals surface area contributed by atoms with Crippen molar-refractivity contribution in [1.29, 1.82) is 0 Å². The van der Waals surface area contributed by atoms with Crippen LogP contribution in [-0.4, -0.2) is 12.8 Å². The van der Waals surface area contributed by atoms with Crippen LogP contribution >= 0.6 is 0 Å². The molecule has 22 heavy (non-hydrogen) atoms. The monoisotopic (exact) mass is 302 g/mol. The molecule has 0 saturated heterocycles. The second kappa shape index (κ2) is 5.60. The standard InChI is InChI=1S/C17H12F2O3/c1-2-21-17(20)22-16-11-6-4-7-13(18)12(11)9-10-5-3-8-14(19)15(10)16/h3-9H,2H2,1H3. The van der Waals surface area contributed by atoms with Crippen LogP contribution in [0.2, 0.25) is 0 Å². The number of fused-ring (bicyclic) bond motifs is 2. The van der Waals surface area contributed by atoms with Crippen LogP contribution in [-0.2, 0) is 4.74 Å².